The minimum Gasteiger partial charge on any atom is -0.344 e. The molecule has 0 aliphatic carbocycles. The van der Waals surface area contributed by atoms with E-state index < -0.39 is 20.2 Å². The molecular weight excluding hydrogens is 548 g/mol. The summed E-state index contributed by atoms with van der Waals surface area (Å²) in [5, 5.41) is 0. The maximum absolute atomic E-state index is 11.4. The second kappa shape index (κ2) is 11.2. The minimum atomic E-state index is -4.05. The molecule has 0 unspecified atom stereocenters. The van der Waals surface area contributed by atoms with Crippen LogP contribution in [-0.4, -0.2) is 60.8 Å². The third kappa shape index (κ3) is 6.40. The van der Waals surface area contributed by atoms with E-state index in [2.05, 4.69) is 67.5 Å². The Morgan fingerprint density at radius 1 is 0.800 bits per heavy atom. The second-order valence-corrected chi connectivity index (χ2v) is 14.7. The van der Waals surface area contributed by atoms with Crippen LogP contribution in [0.4, 0.5) is 11.4 Å². The van der Waals surface area contributed by atoms with Gasteiger partial charge in [0.2, 0.25) is 5.69 Å². The largest absolute Gasteiger partial charge is 0.344 e. The zero-order chi connectivity index (χ0) is 29.3. The van der Waals surface area contributed by atoms with Gasteiger partial charge in [-0.05, 0) is 44.4 Å². The highest BCUT2D eigenvalue weighted by atomic mass is 32.2. The van der Waals surface area contributed by atoms with Crippen LogP contribution in [0.15, 0.2) is 72.5 Å². The molecule has 4 rings (SSSR count). The number of unbranched alkanes of at least 4 members (excludes halogenated alkanes) is 1. The molecule has 8 nitrogen and oxygen atoms in total. The van der Waals surface area contributed by atoms with Gasteiger partial charge in [-0.3, -0.25) is 9.11 Å². The van der Waals surface area contributed by atoms with E-state index >= 15 is 0 Å². The molecule has 0 spiro atoms. The van der Waals surface area contributed by atoms with Gasteiger partial charge in [0, 0.05) is 47.5 Å². The van der Waals surface area contributed by atoms with E-state index in [9.17, 15) is 21.4 Å². The van der Waals surface area contributed by atoms with Crippen molar-refractivity contribution in [2.24, 2.45) is 0 Å². The molecule has 0 radical (unpaired) electrons. The molecule has 0 saturated heterocycles. The number of anilines is 1. The van der Waals surface area contributed by atoms with E-state index in [0.717, 1.165) is 28.3 Å². The number of fused-ring (bicyclic) bond motifs is 2. The summed E-state index contributed by atoms with van der Waals surface area (Å²) >= 11 is 0. The number of benzene rings is 2. The summed E-state index contributed by atoms with van der Waals surface area (Å²) in [6, 6.07) is 16.3. The lowest BCUT2D eigenvalue weighted by Crippen LogP contribution is -2.28. The summed E-state index contributed by atoms with van der Waals surface area (Å²) in [5.41, 5.74) is 6.00. The van der Waals surface area contributed by atoms with Gasteiger partial charge < -0.3 is 4.90 Å². The zero-order valence-corrected chi connectivity index (χ0v) is 25.2. The van der Waals surface area contributed by atoms with Crippen LogP contribution >= 0.6 is 0 Å². The summed E-state index contributed by atoms with van der Waals surface area (Å²) in [6.07, 6.45) is 7.48. The van der Waals surface area contributed by atoms with E-state index in [0.29, 0.717) is 32.4 Å². The van der Waals surface area contributed by atoms with Crippen LogP contribution in [-0.2, 0) is 31.1 Å². The predicted octanol–water partition coefficient (Wildman–Crippen LogP) is 5.25. The molecule has 2 aromatic rings. The monoisotopic (exact) mass is 587 g/mol. The fraction of sp³-hybridized carbons (Fsp3) is 0.433. The highest BCUT2D eigenvalue weighted by Crippen LogP contribution is 2.47. The van der Waals surface area contributed by atoms with Gasteiger partial charge >= 0.3 is 0 Å². The van der Waals surface area contributed by atoms with Crippen molar-refractivity contribution in [3.05, 3.63) is 83.6 Å². The zero-order valence-electron chi connectivity index (χ0n) is 23.5. The maximum Gasteiger partial charge on any atom is 0.265 e. The summed E-state index contributed by atoms with van der Waals surface area (Å²) in [4.78, 5) is 2.23. The van der Waals surface area contributed by atoms with E-state index in [1.54, 1.807) is 0 Å². The summed E-state index contributed by atoms with van der Waals surface area (Å²) in [7, 11) is -8.04. The van der Waals surface area contributed by atoms with Crippen molar-refractivity contribution in [2.75, 3.05) is 29.5 Å². The van der Waals surface area contributed by atoms with Crippen LogP contribution in [0.1, 0.15) is 58.1 Å². The van der Waals surface area contributed by atoms with Crippen LogP contribution in [0.3, 0.4) is 0 Å². The standard InChI is InChI=1S/C30H38N2O6S2/c1-29(2)23-13-5-7-15-25(23)31(19-9-10-21-39(33,34)35)27(29)17-11-18-28-30(3,4)24-14-6-8-16-26(24)32(28)20-12-22-40(36,37)38/h5-8,11,13-18H,9-10,12,19-22H2,1-4H3,(H-,33,34,35,36,37,38)/p+1. The van der Waals surface area contributed by atoms with E-state index in [-0.39, 0.29) is 22.3 Å². The average Bonchev–Trinajstić information content (AvgIpc) is 3.20. The highest BCUT2D eigenvalue weighted by molar-refractivity contribution is 7.86. The molecule has 2 N–H and O–H groups in total. The molecule has 0 amide bonds. The maximum atomic E-state index is 11.4. The molecule has 40 heavy (non-hydrogen) atoms. The average molecular weight is 588 g/mol. The molecule has 216 valence electrons. The van der Waals surface area contributed by atoms with Crippen LogP contribution in [0.5, 0.6) is 0 Å². The van der Waals surface area contributed by atoms with Gasteiger partial charge in [0.15, 0.2) is 5.71 Å². The molecule has 2 aliphatic heterocycles. The normalized spacial score (nSPS) is 19.1. The highest BCUT2D eigenvalue weighted by Gasteiger charge is 2.44. The van der Waals surface area contributed by atoms with E-state index in [4.69, 9.17) is 4.55 Å². The Labute approximate surface area is 238 Å². The van der Waals surface area contributed by atoms with E-state index in [1.807, 2.05) is 36.4 Å². The molecule has 0 aromatic heterocycles. The Kier molecular flexibility index (Phi) is 8.48. The third-order valence-electron chi connectivity index (χ3n) is 7.92. The van der Waals surface area contributed by atoms with Crippen molar-refractivity contribution in [3.63, 3.8) is 0 Å². The number of hydrogen-bond acceptors (Lipinski definition) is 5. The van der Waals surface area contributed by atoms with Gasteiger partial charge in [0.25, 0.3) is 20.2 Å². The van der Waals surface area contributed by atoms with E-state index in [1.165, 1.54) is 5.56 Å². The smallest absolute Gasteiger partial charge is 0.265 e. The fourth-order valence-electron chi connectivity index (χ4n) is 5.95. The number of rotatable bonds is 11. The van der Waals surface area contributed by atoms with Crippen molar-refractivity contribution in [1.82, 2.24) is 0 Å². The van der Waals surface area contributed by atoms with Crippen LogP contribution in [0, 0.1) is 0 Å². The lowest BCUT2D eigenvalue weighted by atomic mass is 9.81. The first kappa shape index (κ1) is 30.2. The molecule has 0 saturated carbocycles. The number of hydrogen-bond donors (Lipinski definition) is 2. The van der Waals surface area contributed by atoms with Gasteiger partial charge in [-0.25, -0.2) is 0 Å². The molecule has 10 heteroatoms. The van der Waals surface area contributed by atoms with Crippen molar-refractivity contribution in [3.8, 4) is 0 Å². The Morgan fingerprint density at radius 3 is 2.08 bits per heavy atom. The first-order valence-corrected chi connectivity index (χ1v) is 16.8. The molecule has 0 fully saturated rings. The number of para-hydroxylation sites is 2. The number of allylic oxidation sites excluding steroid dienone is 4. The predicted molar refractivity (Wildman–Crippen MR) is 160 cm³/mol. The van der Waals surface area contributed by atoms with Crippen LogP contribution < -0.4 is 4.90 Å². The van der Waals surface area contributed by atoms with Gasteiger partial charge in [-0.2, -0.15) is 21.4 Å². The van der Waals surface area contributed by atoms with Crippen LogP contribution in [0.2, 0.25) is 0 Å². The lowest BCUT2D eigenvalue weighted by molar-refractivity contribution is -0.437. The first-order chi connectivity index (χ1) is 18.6. The molecule has 0 atom stereocenters. The Bertz CT molecular complexity index is 1590. The van der Waals surface area contributed by atoms with Gasteiger partial charge in [-0.1, -0.05) is 56.3 Å². The van der Waals surface area contributed by atoms with Crippen molar-refractivity contribution < 1.29 is 30.5 Å². The Hall–Kier alpha value is -2.79. The van der Waals surface area contributed by atoms with Gasteiger partial charge in [0.1, 0.15) is 6.54 Å². The van der Waals surface area contributed by atoms with Crippen molar-refractivity contribution in [2.45, 2.75) is 57.8 Å². The summed E-state index contributed by atoms with van der Waals surface area (Å²) in [5.74, 6) is -0.557. The molecule has 2 heterocycles. The first-order valence-electron chi connectivity index (χ1n) is 13.5. The minimum absolute atomic E-state index is 0.258. The Morgan fingerprint density at radius 2 is 1.40 bits per heavy atom. The number of nitrogens with zero attached hydrogens (tertiary/aromatic N) is 2. The topological polar surface area (TPSA) is 115 Å². The van der Waals surface area contributed by atoms with Crippen molar-refractivity contribution in [1.29, 1.82) is 0 Å². The van der Waals surface area contributed by atoms with Gasteiger partial charge in [-0.15, -0.1) is 0 Å². The molecule has 0 bridgehead atoms. The van der Waals surface area contributed by atoms with Crippen molar-refractivity contribution >= 4 is 37.3 Å². The van der Waals surface area contributed by atoms with Gasteiger partial charge in [0.05, 0.1) is 16.9 Å². The summed E-state index contributed by atoms with van der Waals surface area (Å²) < 4.78 is 65.7. The second-order valence-electron chi connectivity index (χ2n) is 11.5. The lowest BCUT2D eigenvalue weighted by Gasteiger charge is -2.27. The quantitative estimate of drug-likeness (QED) is 0.210. The summed E-state index contributed by atoms with van der Waals surface area (Å²) in [6.45, 7) is 9.72. The molecule has 2 aliphatic rings. The third-order valence-corrected chi connectivity index (χ3v) is 9.53. The molecule has 2 aromatic carbocycles. The Balaban J connectivity index is 1.68. The fourth-order valence-corrected chi connectivity index (χ4v) is 7.02. The van der Waals surface area contributed by atoms with Crippen LogP contribution in [0.25, 0.3) is 0 Å². The molecular formula is C30H39N2O6S2+. The SMILES string of the molecule is CC1(C)C(=CC=CC2=[N+](CCCS(=O)(=O)O)c3ccccc3C2(C)C)N(CCCCS(=O)(=O)O)c2ccccc21.